The van der Waals surface area contributed by atoms with Crippen LogP contribution in [0.25, 0.3) is 0 Å². The van der Waals surface area contributed by atoms with Gasteiger partial charge in [0.25, 0.3) is 0 Å². The van der Waals surface area contributed by atoms with Gasteiger partial charge in [0.05, 0.1) is 0 Å². The molecule has 0 saturated heterocycles. The lowest BCUT2D eigenvalue weighted by molar-refractivity contribution is 0.581. The molecule has 0 saturated carbocycles. The highest BCUT2D eigenvalue weighted by Crippen LogP contribution is 2.29. The van der Waals surface area contributed by atoms with E-state index in [-0.39, 0.29) is 6.04 Å². The normalized spacial score (nSPS) is 12.9. The van der Waals surface area contributed by atoms with Crippen molar-refractivity contribution in [3.8, 4) is 0 Å². The van der Waals surface area contributed by atoms with E-state index in [1.165, 1.54) is 10.4 Å². The molecule has 0 amide bonds. The third kappa shape index (κ3) is 2.42. The summed E-state index contributed by atoms with van der Waals surface area (Å²) in [6.07, 6.45) is 4.93. The van der Waals surface area contributed by atoms with E-state index in [9.17, 15) is 0 Å². The van der Waals surface area contributed by atoms with Gasteiger partial charge in [-0.1, -0.05) is 13.8 Å². The smallest absolute Gasteiger partial charge is 0.131 e. The van der Waals surface area contributed by atoms with Crippen LogP contribution < -0.4 is 5.32 Å². The van der Waals surface area contributed by atoms with Gasteiger partial charge in [-0.3, -0.25) is 0 Å². The maximum Gasteiger partial charge on any atom is 0.131 e. The third-order valence-corrected chi connectivity index (χ3v) is 3.97. The Labute approximate surface area is 107 Å². The molecule has 1 atom stereocenters. The Hall–Kier alpha value is -1.13. The van der Waals surface area contributed by atoms with E-state index in [1.54, 1.807) is 0 Å². The summed E-state index contributed by atoms with van der Waals surface area (Å²) in [5, 5.41) is 5.70. The molecular weight excluding hydrogens is 230 g/mol. The van der Waals surface area contributed by atoms with Gasteiger partial charge in [-0.25, -0.2) is 4.98 Å². The van der Waals surface area contributed by atoms with Crippen molar-refractivity contribution in [1.29, 1.82) is 0 Å². The SMILES string of the molecule is CCNC(c1sccc1CC)c1nccn1C. The minimum absolute atomic E-state index is 0.218. The molecule has 2 aromatic rings. The van der Waals surface area contributed by atoms with E-state index in [0.29, 0.717) is 0 Å². The van der Waals surface area contributed by atoms with Crippen LogP contribution in [0.15, 0.2) is 23.8 Å². The average Bonchev–Trinajstić information content (AvgIpc) is 2.94. The molecule has 0 aliphatic rings. The van der Waals surface area contributed by atoms with Gasteiger partial charge >= 0.3 is 0 Å². The van der Waals surface area contributed by atoms with Gasteiger partial charge in [0.15, 0.2) is 0 Å². The van der Waals surface area contributed by atoms with Crippen LogP contribution in [0.3, 0.4) is 0 Å². The Morgan fingerprint density at radius 2 is 2.29 bits per heavy atom. The Bertz CT molecular complexity index is 472. The van der Waals surface area contributed by atoms with Crippen molar-refractivity contribution in [2.45, 2.75) is 26.3 Å². The Balaban J connectivity index is 2.39. The number of imidazole rings is 1. The van der Waals surface area contributed by atoms with Gasteiger partial charge in [-0.05, 0) is 30.0 Å². The lowest BCUT2D eigenvalue weighted by atomic mass is 10.1. The summed E-state index contributed by atoms with van der Waals surface area (Å²) in [5.74, 6) is 1.09. The number of nitrogens with zero attached hydrogens (tertiary/aromatic N) is 2. The fraction of sp³-hybridized carbons (Fsp3) is 0.462. The first-order valence-corrected chi connectivity index (χ1v) is 6.92. The quantitative estimate of drug-likeness (QED) is 0.883. The molecule has 1 N–H and O–H groups in total. The fourth-order valence-corrected chi connectivity index (χ4v) is 3.12. The van der Waals surface area contributed by atoms with Gasteiger partial charge in [0, 0.05) is 24.3 Å². The standard InChI is InChI=1S/C13H19N3S/c1-4-10-6-9-17-12(10)11(14-5-2)13-15-7-8-16(13)3/h6-9,11,14H,4-5H2,1-3H3. The van der Waals surface area contributed by atoms with E-state index in [4.69, 9.17) is 0 Å². The van der Waals surface area contributed by atoms with Crippen LogP contribution in [0.2, 0.25) is 0 Å². The Kier molecular flexibility index (Phi) is 3.97. The van der Waals surface area contributed by atoms with Crippen molar-refractivity contribution in [3.63, 3.8) is 0 Å². The number of rotatable bonds is 5. The lowest BCUT2D eigenvalue weighted by Crippen LogP contribution is -2.24. The molecule has 0 aromatic carbocycles. The van der Waals surface area contributed by atoms with Crippen molar-refractivity contribution in [2.75, 3.05) is 6.54 Å². The first-order valence-electron chi connectivity index (χ1n) is 6.04. The average molecular weight is 249 g/mol. The van der Waals surface area contributed by atoms with Crippen LogP contribution in [0.5, 0.6) is 0 Å². The van der Waals surface area contributed by atoms with E-state index >= 15 is 0 Å². The molecule has 0 spiro atoms. The highest BCUT2D eigenvalue weighted by Gasteiger charge is 2.20. The predicted octanol–water partition coefficient (Wildman–Crippen LogP) is 2.74. The highest BCUT2D eigenvalue weighted by molar-refractivity contribution is 7.10. The van der Waals surface area contributed by atoms with Gasteiger partial charge in [0.1, 0.15) is 11.9 Å². The number of aryl methyl sites for hydroxylation is 2. The molecule has 0 fully saturated rings. The minimum atomic E-state index is 0.218. The summed E-state index contributed by atoms with van der Waals surface area (Å²) >= 11 is 1.81. The molecule has 2 aromatic heterocycles. The van der Waals surface area contributed by atoms with Crippen LogP contribution in [0, 0.1) is 0 Å². The zero-order valence-corrected chi connectivity index (χ0v) is 11.4. The molecule has 0 aliphatic heterocycles. The van der Waals surface area contributed by atoms with Gasteiger partial charge in [-0.2, -0.15) is 0 Å². The summed E-state index contributed by atoms with van der Waals surface area (Å²) in [7, 11) is 2.05. The van der Waals surface area contributed by atoms with Gasteiger partial charge < -0.3 is 9.88 Å². The molecule has 92 valence electrons. The number of hydrogen-bond acceptors (Lipinski definition) is 3. The van der Waals surface area contributed by atoms with Crippen molar-refractivity contribution in [3.05, 3.63) is 40.1 Å². The summed E-state index contributed by atoms with van der Waals surface area (Å²) in [5.41, 5.74) is 1.42. The second-order valence-electron chi connectivity index (χ2n) is 4.05. The largest absolute Gasteiger partial charge is 0.336 e. The summed E-state index contributed by atoms with van der Waals surface area (Å²) < 4.78 is 2.09. The molecule has 2 heterocycles. The van der Waals surface area contributed by atoms with Crippen molar-refractivity contribution >= 4 is 11.3 Å². The van der Waals surface area contributed by atoms with Gasteiger partial charge in [0.2, 0.25) is 0 Å². The lowest BCUT2D eigenvalue weighted by Gasteiger charge is -2.18. The zero-order chi connectivity index (χ0) is 12.3. The molecule has 2 rings (SSSR count). The van der Waals surface area contributed by atoms with Crippen molar-refractivity contribution in [2.24, 2.45) is 7.05 Å². The minimum Gasteiger partial charge on any atom is -0.336 e. The molecule has 0 bridgehead atoms. The molecular formula is C13H19N3S. The monoisotopic (exact) mass is 249 g/mol. The molecule has 4 heteroatoms. The third-order valence-electron chi connectivity index (χ3n) is 2.95. The maximum absolute atomic E-state index is 4.47. The predicted molar refractivity (Wildman–Crippen MR) is 72.4 cm³/mol. The van der Waals surface area contributed by atoms with E-state index in [2.05, 4.69) is 40.2 Å². The maximum atomic E-state index is 4.47. The number of aromatic nitrogens is 2. The number of hydrogen-bond donors (Lipinski definition) is 1. The second-order valence-corrected chi connectivity index (χ2v) is 5.00. The fourth-order valence-electron chi connectivity index (χ4n) is 2.05. The first-order chi connectivity index (χ1) is 8.27. The molecule has 17 heavy (non-hydrogen) atoms. The van der Waals surface area contributed by atoms with Crippen LogP contribution >= 0.6 is 11.3 Å². The highest BCUT2D eigenvalue weighted by atomic mass is 32.1. The zero-order valence-electron chi connectivity index (χ0n) is 10.6. The molecule has 3 nitrogen and oxygen atoms in total. The summed E-state index contributed by atoms with van der Waals surface area (Å²) in [6.45, 7) is 5.28. The summed E-state index contributed by atoms with van der Waals surface area (Å²) in [4.78, 5) is 5.87. The Morgan fingerprint density at radius 3 is 2.88 bits per heavy atom. The van der Waals surface area contributed by atoms with Crippen molar-refractivity contribution < 1.29 is 0 Å². The van der Waals surface area contributed by atoms with E-state index < -0.39 is 0 Å². The van der Waals surface area contributed by atoms with Crippen LogP contribution in [0.4, 0.5) is 0 Å². The van der Waals surface area contributed by atoms with Crippen molar-refractivity contribution in [1.82, 2.24) is 14.9 Å². The van der Waals surface area contributed by atoms with E-state index in [1.807, 2.05) is 30.8 Å². The first kappa shape index (κ1) is 12.3. The number of thiophene rings is 1. The topological polar surface area (TPSA) is 29.9 Å². The number of nitrogens with one attached hydrogen (secondary N) is 1. The van der Waals surface area contributed by atoms with Crippen LogP contribution in [-0.4, -0.2) is 16.1 Å². The molecule has 0 aliphatic carbocycles. The molecule has 1 unspecified atom stereocenters. The second kappa shape index (κ2) is 5.47. The van der Waals surface area contributed by atoms with Crippen LogP contribution in [-0.2, 0) is 13.5 Å². The van der Waals surface area contributed by atoms with Crippen LogP contribution in [0.1, 0.15) is 36.2 Å². The van der Waals surface area contributed by atoms with E-state index in [0.717, 1.165) is 18.8 Å². The molecule has 0 radical (unpaired) electrons. The Morgan fingerprint density at radius 1 is 1.47 bits per heavy atom. The van der Waals surface area contributed by atoms with Gasteiger partial charge in [-0.15, -0.1) is 11.3 Å². The summed E-state index contributed by atoms with van der Waals surface area (Å²) in [6, 6.07) is 2.43.